The third-order valence-electron chi connectivity index (χ3n) is 5.58. The molecule has 3 aromatic rings. The molecular formula is C24H23F3N2O2. The molecule has 0 spiro atoms. The van der Waals surface area contributed by atoms with Crippen LogP contribution in [0.1, 0.15) is 35.2 Å². The third kappa shape index (κ3) is 4.45. The van der Waals surface area contributed by atoms with Gasteiger partial charge in [-0.3, -0.25) is 4.79 Å². The largest absolute Gasteiger partial charge is 0.496 e. The second-order valence-electron chi connectivity index (χ2n) is 7.63. The van der Waals surface area contributed by atoms with Gasteiger partial charge in [-0.05, 0) is 60.4 Å². The Balaban J connectivity index is 1.73. The van der Waals surface area contributed by atoms with E-state index < -0.39 is 17.6 Å². The van der Waals surface area contributed by atoms with Gasteiger partial charge >= 0.3 is 6.18 Å². The summed E-state index contributed by atoms with van der Waals surface area (Å²) < 4.78 is 45.4. The summed E-state index contributed by atoms with van der Waals surface area (Å²) in [6.45, 7) is 1.49. The maximum atomic E-state index is 13.3. The molecule has 162 valence electrons. The molecule has 1 fully saturated rings. The number of anilines is 2. The van der Waals surface area contributed by atoms with E-state index in [1.165, 1.54) is 13.2 Å². The van der Waals surface area contributed by atoms with Gasteiger partial charge in [0.1, 0.15) is 5.75 Å². The van der Waals surface area contributed by atoms with Gasteiger partial charge in [-0.2, -0.15) is 13.2 Å². The van der Waals surface area contributed by atoms with Crippen LogP contribution >= 0.6 is 0 Å². The molecule has 1 aliphatic heterocycles. The van der Waals surface area contributed by atoms with Crippen LogP contribution in [0.4, 0.5) is 24.5 Å². The number of carbonyl (C=O) groups excluding carboxylic acids is 1. The van der Waals surface area contributed by atoms with Crippen molar-refractivity contribution in [2.75, 3.05) is 30.4 Å². The number of piperidine rings is 1. The van der Waals surface area contributed by atoms with Crippen molar-refractivity contribution in [3.63, 3.8) is 0 Å². The Morgan fingerprint density at radius 3 is 2.29 bits per heavy atom. The summed E-state index contributed by atoms with van der Waals surface area (Å²) in [5.74, 6) is -0.150. The molecule has 1 aliphatic rings. The van der Waals surface area contributed by atoms with E-state index in [4.69, 9.17) is 4.74 Å². The van der Waals surface area contributed by atoms with Crippen LogP contribution in [0.3, 0.4) is 0 Å². The number of methoxy groups -OCH3 is 1. The summed E-state index contributed by atoms with van der Waals surface area (Å²) in [6, 6.07) is 14.5. The van der Waals surface area contributed by atoms with Crippen molar-refractivity contribution in [3.05, 3.63) is 65.7 Å². The van der Waals surface area contributed by atoms with Gasteiger partial charge in [-0.15, -0.1) is 0 Å². The van der Waals surface area contributed by atoms with Gasteiger partial charge in [-0.25, -0.2) is 0 Å². The molecule has 1 amide bonds. The number of hydrogen-bond donors (Lipinski definition) is 1. The monoisotopic (exact) mass is 428 g/mol. The number of alkyl halides is 3. The second-order valence-corrected chi connectivity index (χ2v) is 7.63. The van der Waals surface area contributed by atoms with Crippen molar-refractivity contribution in [1.29, 1.82) is 0 Å². The van der Waals surface area contributed by atoms with E-state index in [9.17, 15) is 18.0 Å². The highest BCUT2D eigenvalue weighted by atomic mass is 19.4. The van der Waals surface area contributed by atoms with E-state index in [0.29, 0.717) is 11.4 Å². The number of benzene rings is 3. The Hall–Kier alpha value is -3.22. The zero-order valence-corrected chi connectivity index (χ0v) is 17.1. The first-order chi connectivity index (χ1) is 14.9. The summed E-state index contributed by atoms with van der Waals surface area (Å²) in [5.41, 5.74) is 0.218. The zero-order valence-electron chi connectivity index (χ0n) is 17.1. The number of nitrogens with zero attached hydrogens (tertiary/aromatic N) is 1. The first-order valence-corrected chi connectivity index (χ1v) is 10.2. The number of nitrogens with one attached hydrogen (secondary N) is 1. The minimum absolute atomic E-state index is 0.150. The molecule has 0 bridgehead atoms. The third-order valence-corrected chi connectivity index (χ3v) is 5.58. The van der Waals surface area contributed by atoms with Crippen LogP contribution in [0.15, 0.2) is 54.6 Å². The lowest BCUT2D eigenvalue weighted by molar-refractivity contribution is -0.137. The molecule has 0 aliphatic carbocycles. The summed E-state index contributed by atoms with van der Waals surface area (Å²) in [6.07, 6.45) is -1.48. The van der Waals surface area contributed by atoms with Crippen molar-refractivity contribution in [2.24, 2.45) is 0 Å². The Morgan fingerprint density at radius 1 is 0.968 bits per heavy atom. The van der Waals surface area contributed by atoms with Crippen molar-refractivity contribution >= 4 is 28.1 Å². The molecule has 4 nitrogen and oxygen atoms in total. The molecule has 7 heteroatoms. The summed E-state index contributed by atoms with van der Waals surface area (Å²) in [4.78, 5) is 15.2. The molecule has 0 radical (unpaired) electrons. The average Bonchev–Trinajstić information content (AvgIpc) is 2.78. The van der Waals surface area contributed by atoms with E-state index in [2.05, 4.69) is 5.32 Å². The number of fused-ring (bicyclic) bond motifs is 1. The maximum absolute atomic E-state index is 13.3. The van der Waals surface area contributed by atoms with Gasteiger partial charge in [-0.1, -0.05) is 24.3 Å². The molecule has 3 aromatic carbocycles. The number of carbonyl (C=O) groups is 1. The number of halogens is 3. The topological polar surface area (TPSA) is 41.6 Å². The first kappa shape index (κ1) is 21.0. The van der Waals surface area contributed by atoms with E-state index in [-0.39, 0.29) is 11.3 Å². The van der Waals surface area contributed by atoms with Crippen molar-refractivity contribution < 1.29 is 22.7 Å². The minimum Gasteiger partial charge on any atom is -0.496 e. The predicted octanol–water partition coefficient (Wildman–Crippen LogP) is 6.11. The molecule has 1 heterocycles. The fraction of sp³-hybridized carbons (Fsp3) is 0.292. The highest BCUT2D eigenvalue weighted by Crippen LogP contribution is 2.37. The van der Waals surface area contributed by atoms with Gasteiger partial charge in [0.05, 0.1) is 29.6 Å². The molecule has 0 atom stereocenters. The molecule has 0 aromatic heterocycles. The second kappa shape index (κ2) is 8.49. The molecule has 0 saturated carbocycles. The fourth-order valence-electron chi connectivity index (χ4n) is 3.98. The fourth-order valence-corrected chi connectivity index (χ4v) is 3.98. The van der Waals surface area contributed by atoms with Gasteiger partial charge in [0.25, 0.3) is 5.91 Å². The molecule has 1 saturated heterocycles. The Labute approximate surface area is 178 Å². The number of amides is 1. The normalized spacial score (nSPS) is 14.5. The van der Waals surface area contributed by atoms with Gasteiger partial charge in [0.15, 0.2) is 0 Å². The zero-order chi connectivity index (χ0) is 22.0. The summed E-state index contributed by atoms with van der Waals surface area (Å²) >= 11 is 0. The summed E-state index contributed by atoms with van der Waals surface area (Å²) in [5, 5.41) is 4.46. The highest BCUT2D eigenvalue weighted by molar-refractivity contribution is 6.10. The van der Waals surface area contributed by atoms with Crippen molar-refractivity contribution in [2.45, 2.75) is 25.4 Å². The maximum Gasteiger partial charge on any atom is 0.416 e. The van der Waals surface area contributed by atoms with Crippen LogP contribution in [0.25, 0.3) is 10.8 Å². The number of ether oxygens (including phenoxy) is 1. The minimum atomic E-state index is -4.50. The lowest BCUT2D eigenvalue weighted by Gasteiger charge is -2.31. The van der Waals surface area contributed by atoms with Crippen molar-refractivity contribution in [1.82, 2.24) is 0 Å². The lowest BCUT2D eigenvalue weighted by atomic mass is 10.0. The standard InChI is InChI=1S/C24H23F3N2O2/c1-31-22-14-17-8-4-3-7-16(17)13-19(22)23(30)28-20-15-18(24(25,26)27)9-10-21(20)29-11-5-2-6-12-29/h3-4,7-10,13-15H,2,5-6,11-12H2,1H3,(H,28,30). The molecule has 1 N–H and O–H groups in total. The quantitative estimate of drug-likeness (QED) is 0.545. The lowest BCUT2D eigenvalue weighted by Crippen LogP contribution is -2.30. The van der Waals surface area contributed by atoms with E-state index >= 15 is 0 Å². The van der Waals surface area contributed by atoms with Crippen LogP contribution in [-0.2, 0) is 6.18 Å². The molecule has 0 unspecified atom stereocenters. The summed E-state index contributed by atoms with van der Waals surface area (Å²) in [7, 11) is 1.46. The molecular weight excluding hydrogens is 405 g/mol. The highest BCUT2D eigenvalue weighted by Gasteiger charge is 2.32. The Kier molecular flexibility index (Phi) is 5.76. The van der Waals surface area contributed by atoms with Crippen molar-refractivity contribution in [3.8, 4) is 5.75 Å². The average molecular weight is 428 g/mol. The van der Waals surface area contributed by atoms with Crippen LogP contribution < -0.4 is 15.0 Å². The van der Waals surface area contributed by atoms with Crippen LogP contribution in [0, 0.1) is 0 Å². The van der Waals surface area contributed by atoms with E-state index in [1.807, 2.05) is 29.2 Å². The molecule has 31 heavy (non-hydrogen) atoms. The smallest absolute Gasteiger partial charge is 0.416 e. The first-order valence-electron chi connectivity index (χ1n) is 10.2. The van der Waals surface area contributed by atoms with Gasteiger partial charge in [0, 0.05) is 13.1 Å². The molecule has 4 rings (SSSR count). The van der Waals surface area contributed by atoms with Crippen LogP contribution in [0.5, 0.6) is 5.75 Å². The Morgan fingerprint density at radius 2 is 1.65 bits per heavy atom. The van der Waals surface area contributed by atoms with Crippen LogP contribution in [0.2, 0.25) is 0 Å². The number of rotatable bonds is 4. The van der Waals surface area contributed by atoms with E-state index in [1.54, 1.807) is 12.1 Å². The Bertz CT molecular complexity index is 1110. The van der Waals surface area contributed by atoms with Crippen LogP contribution in [-0.4, -0.2) is 26.1 Å². The van der Waals surface area contributed by atoms with Gasteiger partial charge in [0.2, 0.25) is 0 Å². The predicted molar refractivity (Wildman–Crippen MR) is 116 cm³/mol. The van der Waals surface area contributed by atoms with E-state index in [0.717, 1.165) is 55.3 Å². The number of hydrogen-bond acceptors (Lipinski definition) is 3. The SMILES string of the molecule is COc1cc2ccccc2cc1C(=O)Nc1cc(C(F)(F)F)ccc1N1CCCCC1. The van der Waals surface area contributed by atoms with Gasteiger partial charge < -0.3 is 15.0 Å².